The summed E-state index contributed by atoms with van der Waals surface area (Å²) in [4.78, 5) is 0.855. The molecule has 2 aromatic rings. The lowest BCUT2D eigenvalue weighted by molar-refractivity contribution is 0.282. The second-order valence-corrected chi connectivity index (χ2v) is 8.34. The van der Waals surface area contributed by atoms with Crippen LogP contribution in [0.15, 0.2) is 29.2 Å². The SMILES string of the molecule is O=S(=O)(c1c(CO)sc2ccccc12)N1CCCCCC1. The second-order valence-electron chi connectivity index (χ2n) is 5.33. The zero-order chi connectivity index (χ0) is 14.9. The quantitative estimate of drug-likeness (QED) is 0.944. The van der Waals surface area contributed by atoms with Crippen LogP contribution in [0.1, 0.15) is 30.6 Å². The number of thiophene rings is 1. The number of hydrogen-bond acceptors (Lipinski definition) is 4. The standard InChI is InChI=1S/C15H19NO3S2/c17-11-14-15(12-7-3-4-8-13(12)20-14)21(18,19)16-9-5-1-2-6-10-16/h3-4,7-8,17H,1-2,5-6,9-11H2. The molecule has 1 saturated heterocycles. The number of rotatable bonds is 3. The van der Waals surface area contributed by atoms with Crippen LogP contribution in [0, 0.1) is 0 Å². The highest BCUT2D eigenvalue weighted by Gasteiger charge is 2.30. The van der Waals surface area contributed by atoms with Gasteiger partial charge in [0.05, 0.1) is 11.5 Å². The average molecular weight is 325 g/mol. The van der Waals surface area contributed by atoms with Crippen LogP contribution in [0.2, 0.25) is 0 Å². The summed E-state index contributed by atoms with van der Waals surface area (Å²) in [6, 6.07) is 7.47. The Hall–Kier alpha value is -0.950. The van der Waals surface area contributed by atoms with Crippen molar-refractivity contribution in [1.29, 1.82) is 0 Å². The second kappa shape index (κ2) is 6.04. The molecule has 0 spiro atoms. The highest BCUT2D eigenvalue weighted by atomic mass is 32.2. The predicted molar refractivity (Wildman–Crippen MR) is 85.0 cm³/mol. The van der Waals surface area contributed by atoms with Crippen LogP contribution in [0.4, 0.5) is 0 Å². The first kappa shape index (κ1) is 15.0. The van der Waals surface area contributed by atoms with Gasteiger partial charge in [-0.3, -0.25) is 0 Å². The minimum Gasteiger partial charge on any atom is -0.391 e. The Balaban J connectivity index is 2.13. The molecule has 2 heterocycles. The highest BCUT2D eigenvalue weighted by molar-refractivity contribution is 7.89. The number of aliphatic hydroxyl groups excluding tert-OH is 1. The van der Waals surface area contributed by atoms with Crippen molar-refractivity contribution in [2.24, 2.45) is 0 Å². The maximum absolute atomic E-state index is 13.0. The maximum atomic E-state index is 13.0. The van der Waals surface area contributed by atoms with Crippen LogP contribution in [-0.4, -0.2) is 30.9 Å². The van der Waals surface area contributed by atoms with Crippen molar-refractivity contribution in [3.63, 3.8) is 0 Å². The molecule has 0 bridgehead atoms. The number of nitrogens with zero attached hydrogens (tertiary/aromatic N) is 1. The van der Waals surface area contributed by atoms with E-state index in [2.05, 4.69) is 0 Å². The molecule has 0 radical (unpaired) electrons. The molecule has 1 aliphatic rings. The highest BCUT2D eigenvalue weighted by Crippen LogP contribution is 2.36. The first-order valence-corrected chi connectivity index (χ1v) is 9.51. The van der Waals surface area contributed by atoms with Gasteiger partial charge in [0.15, 0.2) is 0 Å². The van der Waals surface area contributed by atoms with Crippen molar-refractivity contribution >= 4 is 31.4 Å². The molecule has 1 fully saturated rings. The van der Waals surface area contributed by atoms with Gasteiger partial charge in [-0.1, -0.05) is 31.0 Å². The molecule has 0 unspecified atom stereocenters. The molecule has 3 rings (SSSR count). The number of aliphatic hydroxyl groups is 1. The van der Waals surface area contributed by atoms with E-state index in [1.54, 1.807) is 4.31 Å². The van der Waals surface area contributed by atoms with Gasteiger partial charge >= 0.3 is 0 Å². The van der Waals surface area contributed by atoms with Gasteiger partial charge in [-0.15, -0.1) is 11.3 Å². The monoisotopic (exact) mass is 325 g/mol. The molecule has 0 saturated carbocycles. The molecule has 0 aliphatic carbocycles. The summed E-state index contributed by atoms with van der Waals surface area (Å²) in [5.74, 6) is 0. The van der Waals surface area contributed by atoms with Crippen LogP contribution in [0.5, 0.6) is 0 Å². The third kappa shape index (κ3) is 2.73. The zero-order valence-corrected chi connectivity index (χ0v) is 13.4. The van der Waals surface area contributed by atoms with Crippen molar-refractivity contribution in [2.75, 3.05) is 13.1 Å². The Kier molecular flexibility index (Phi) is 4.31. The number of sulfonamides is 1. The lowest BCUT2D eigenvalue weighted by atomic mass is 10.2. The van der Waals surface area contributed by atoms with Gasteiger partial charge in [0.2, 0.25) is 10.0 Å². The lowest BCUT2D eigenvalue weighted by Crippen LogP contribution is -2.32. The minimum absolute atomic E-state index is 0.234. The van der Waals surface area contributed by atoms with Gasteiger partial charge < -0.3 is 5.11 Å². The molecular formula is C15H19NO3S2. The first-order valence-electron chi connectivity index (χ1n) is 7.26. The number of fused-ring (bicyclic) bond motifs is 1. The van der Waals surface area contributed by atoms with Crippen LogP contribution in [0.3, 0.4) is 0 Å². The molecule has 4 nitrogen and oxygen atoms in total. The fourth-order valence-electron chi connectivity index (χ4n) is 2.87. The van der Waals surface area contributed by atoms with Gasteiger partial charge in [-0.05, 0) is 18.9 Å². The summed E-state index contributed by atoms with van der Waals surface area (Å²) in [6.07, 6.45) is 4.00. The van der Waals surface area contributed by atoms with Gasteiger partial charge in [-0.25, -0.2) is 8.42 Å². The van der Waals surface area contributed by atoms with Gasteiger partial charge in [-0.2, -0.15) is 4.31 Å². The predicted octanol–water partition coefficient (Wildman–Crippen LogP) is 2.96. The van der Waals surface area contributed by atoms with Gasteiger partial charge in [0, 0.05) is 23.2 Å². The molecule has 0 atom stereocenters. The van der Waals surface area contributed by atoms with Crippen molar-refractivity contribution in [1.82, 2.24) is 4.31 Å². The van der Waals surface area contributed by atoms with E-state index < -0.39 is 10.0 Å². The molecule has 1 aliphatic heterocycles. The molecule has 114 valence electrons. The van der Waals surface area contributed by atoms with E-state index in [-0.39, 0.29) is 6.61 Å². The van der Waals surface area contributed by atoms with E-state index in [9.17, 15) is 13.5 Å². The van der Waals surface area contributed by atoms with Crippen molar-refractivity contribution in [3.8, 4) is 0 Å². The minimum atomic E-state index is -3.53. The van der Waals surface area contributed by atoms with Gasteiger partial charge in [0.1, 0.15) is 4.90 Å². The van der Waals surface area contributed by atoms with E-state index >= 15 is 0 Å². The Morgan fingerprint density at radius 2 is 1.76 bits per heavy atom. The fourth-order valence-corrected chi connectivity index (χ4v) is 6.14. The smallest absolute Gasteiger partial charge is 0.244 e. The Labute approximate surface area is 129 Å². The number of benzene rings is 1. The maximum Gasteiger partial charge on any atom is 0.244 e. The zero-order valence-electron chi connectivity index (χ0n) is 11.8. The Morgan fingerprint density at radius 1 is 1.10 bits per heavy atom. The largest absolute Gasteiger partial charge is 0.391 e. The first-order chi connectivity index (χ1) is 10.1. The molecule has 21 heavy (non-hydrogen) atoms. The Morgan fingerprint density at radius 3 is 2.43 bits per heavy atom. The van der Waals surface area contributed by atoms with Crippen LogP contribution >= 0.6 is 11.3 Å². The molecular weight excluding hydrogens is 306 g/mol. The third-order valence-corrected chi connectivity index (χ3v) is 7.24. The summed E-state index contributed by atoms with van der Waals surface area (Å²) >= 11 is 1.36. The van der Waals surface area contributed by atoms with Crippen molar-refractivity contribution in [3.05, 3.63) is 29.1 Å². The molecule has 6 heteroatoms. The van der Waals surface area contributed by atoms with E-state index in [0.29, 0.717) is 22.9 Å². The normalized spacial score (nSPS) is 18.0. The summed E-state index contributed by atoms with van der Waals surface area (Å²) in [5, 5.41) is 10.3. The molecule has 1 aromatic heterocycles. The topological polar surface area (TPSA) is 57.6 Å². The molecule has 1 aromatic carbocycles. The third-order valence-electron chi connectivity index (χ3n) is 3.92. The van der Waals surface area contributed by atoms with Gasteiger partial charge in [0.25, 0.3) is 0 Å². The summed E-state index contributed by atoms with van der Waals surface area (Å²) < 4.78 is 28.5. The average Bonchev–Trinajstić information content (AvgIpc) is 2.66. The molecule has 0 amide bonds. The Bertz CT molecular complexity index is 728. The summed E-state index contributed by atoms with van der Waals surface area (Å²) in [5.41, 5.74) is 0. The van der Waals surface area contributed by atoms with E-state index in [0.717, 1.165) is 35.8 Å². The van der Waals surface area contributed by atoms with Crippen LogP contribution < -0.4 is 0 Å². The van der Waals surface area contributed by atoms with Crippen LogP contribution in [-0.2, 0) is 16.6 Å². The van der Waals surface area contributed by atoms with E-state index in [1.165, 1.54) is 11.3 Å². The van der Waals surface area contributed by atoms with Crippen molar-refractivity contribution in [2.45, 2.75) is 37.2 Å². The van der Waals surface area contributed by atoms with E-state index in [1.807, 2.05) is 24.3 Å². The van der Waals surface area contributed by atoms with E-state index in [4.69, 9.17) is 0 Å². The lowest BCUT2D eigenvalue weighted by Gasteiger charge is -2.20. The van der Waals surface area contributed by atoms with Crippen molar-refractivity contribution < 1.29 is 13.5 Å². The molecule has 1 N–H and O–H groups in total. The fraction of sp³-hybridized carbons (Fsp3) is 0.467. The number of hydrogen-bond donors (Lipinski definition) is 1. The summed E-state index contributed by atoms with van der Waals surface area (Å²) in [7, 11) is -3.53. The summed E-state index contributed by atoms with van der Waals surface area (Å²) in [6.45, 7) is 0.927. The van der Waals surface area contributed by atoms with Crippen LogP contribution in [0.25, 0.3) is 10.1 Å².